The molecule has 6 heteroatoms. The molecule has 1 amide bonds. The van der Waals surface area contributed by atoms with Crippen LogP contribution in [0.25, 0.3) is 5.65 Å². The molecule has 0 atom stereocenters. The molecule has 0 saturated carbocycles. The van der Waals surface area contributed by atoms with E-state index in [0.717, 1.165) is 0 Å². The van der Waals surface area contributed by atoms with Crippen LogP contribution in [0.3, 0.4) is 0 Å². The van der Waals surface area contributed by atoms with E-state index in [4.69, 9.17) is 0 Å². The third-order valence-corrected chi connectivity index (χ3v) is 3.17. The van der Waals surface area contributed by atoms with E-state index in [-0.39, 0.29) is 11.7 Å². The van der Waals surface area contributed by atoms with Crippen LogP contribution in [0, 0.1) is 6.92 Å². The Bertz CT molecular complexity index is 867. The molecule has 0 aliphatic heterocycles. The maximum Gasteiger partial charge on any atom is 0.290 e. The summed E-state index contributed by atoms with van der Waals surface area (Å²) in [5, 5.41) is 13.3. The fourth-order valence-corrected chi connectivity index (χ4v) is 2.21. The summed E-state index contributed by atoms with van der Waals surface area (Å²) in [7, 11) is 0. The summed E-state index contributed by atoms with van der Waals surface area (Å²) < 4.78 is 1.72. The largest absolute Gasteiger partial charge is 0.508 e. The highest BCUT2D eigenvalue weighted by Gasteiger charge is 2.15. The number of aromatic hydroxyl groups is 1. The highest BCUT2D eigenvalue weighted by molar-refractivity contribution is 5.95. The number of nitrogens with one attached hydrogen (secondary N) is 1. The smallest absolute Gasteiger partial charge is 0.290 e. The Morgan fingerprint density at radius 2 is 2.18 bits per heavy atom. The minimum absolute atomic E-state index is 0.146. The standard InChI is InChI=1S/C16H14N4O2/c1-11-15(20-8-3-2-7-14(20)18-11)16(22)19-17-10-12-5-4-6-13(21)9-12/h2-10,21H,1H3,(H,19,22)/b17-10-. The van der Waals surface area contributed by atoms with Gasteiger partial charge in [-0.1, -0.05) is 18.2 Å². The van der Waals surface area contributed by atoms with Crippen molar-refractivity contribution in [1.29, 1.82) is 0 Å². The van der Waals surface area contributed by atoms with Crippen LogP contribution in [0.1, 0.15) is 21.7 Å². The maximum absolute atomic E-state index is 12.3. The first-order valence-corrected chi connectivity index (χ1v) is 6.71. The minimum Gasteiger partial charge on any atom is -0.508 e. The summed E-state index contributed by atoms with van der Waals surface area (Å²) in [6.45, 7) is 1.78. The van der Waals surface area contributed by atoms with Crippen LogP contribution in [0.4, 0.5) is 0 Å². The van der Waals surface area contributed by atoms with Crippen molar-refractivity contribution in [2.75, 3.05) is 0 Å². The molecule has 0 aliphatic rings. The Balaban J connectivity index is 1.81. The number of benzene rings is 1. The summed E-state index contributed by atoms with van der Waals surface area (Å²) in [5.41, 5.74) is 4.96. The van der Waals surface area contributed by atoms with Crippen molar-refractivity contribution in [3.05, 3.63) is 65.6 Å². The van der Waals surface area contributed by atoms with Gasteiger partial charge in [-0.3, -0.25) is 9.20 Å². The molecule has 0 unspecified atom stereocenters. The number of pyridine rings is 1. The number of aryl methyl sites for hydroxylation is 1. The number of rotatable bonds is 3. The first-order valence-electron chi connectivity index (χ1n) is 6.71. The van der Waals surface area contributed by atoms with E-state index in [2.05, 4.69) is 15.5 Å². The summed E-state index contributed by atoms with van der Waals surface area (Å²) in [6.07, 6.45) is 3.25. The molecule has 2 aromatic heterocycles. The van der Waals surface area contributed by atoms with Crippen LogP contribution in [0.2, 0.25) is 0 Å². The molecule has 22 heavy (non-hydrogen) atoms. The monoisotopic (exact) mass is 294 g/mol. The fourth-order valence-electron chi connectivity index (χ4n) is 2.21. The lowest BCUT2D eigenvalue weighted by Crippen LogP contribution is -2.20. The Morgan fingerprint density at radius 3 is 3.00 bits per heavy atom. The van der Waals surface area contributed by atoms with Gasteiger partial charge in [0, 0.05) is 6.20 Å². The number of amides is 1. The molecule has 0 bridgehead atoms. The van der Waals surface area contributed by atoms with Crippen molar-refractivity contribution in [2.24, 2.45) is 5.10 Å². The zero-order valence-corrected chi connectivity index (χ0v) is 11.9. The van der Waals surface area contributed by atoms with E-state index in [0.29, 0.717) is 22.6 Å². The van der Waals surface area contributed by atoms with Crippen LogP contribution in [0.5, 0.6) is 5.75 Å². The first-order chi connectivity index (χ1) is 10.6. The highest BCUT2D eigenvalue weighted by atomic mass is 16.3. The Morgan fingerprint density at radius 1 is 1.32 bits per heavy atom. The molecule has 110 valence electrons. The van der Waals surface area contributed by atoms with Crippen molar-refractivity contribution < 1.29 is 9.90 Å². The fraction of sp³-hybridized carbons (Fsp3) is 0.0625. The molecule has 2 heterocycles. The molecule has 3 aromatic rings. The van der Waals surface area contributed by atoms with Gasteiger partial charge in [0.1, 0.15) is 17.1 Å². The van der Waals surface area contributed by atoms with Crippen molar-refractivity contribution in [1.82, 2.24) is 14.8 Å². The SMILES string of the molecule is Cc1nc2ccccn2c1C(=O)N/N=C\c1cccc(O)c1. The Kier molecular flexibility index (Phi) is 3.57. The van der Waals surface area contributed by atoms with Crippen molar-refractivity contribution in [2.45, 2.75) is 6.92 Å². The topological polar surface area (TPSA) is 79.0 Å². The van der Waals surface area contributed by atoms with Gasteiger partial charge in [0.2, 0.25) is 0 Å². The van der Waals surface area contributed by atoms with Crippen LogP contribution in [-0.2, 0) is 0 Å². The number of fused-ring (bicyclic) bond motifs is 1. The first kappa shape index (κ1) is 13.8. The maximum atomic E-state index is 12.3. The minimum atomic E-state index is -0.340. The molecule has 0 spiro atoms. The number of phenolic OH excluding ortho intramolecular Hbond substituents is 1. The Labute approximate surface area is 126 Å². The molecule has 6 nitrogen and oxygen atoms in total. The number of phenols is 1. The van der Waals surface area contributed by atoms with Gasteiger partial charge in [0.15, 0.2) is 0 Å². The zero-order valence-electron chi connectivity index (χ0n) is 11.9. The summed E-state index contributed by atoms with van der Waals surface area (Å²) in [5.74, 6) is -0.194. The number of carbonyl (C=O) groups excluding carboxylic acids is 1. The molecule has 0 radical (unpaired) electrons. The Hall–Kier alpha value is -3.15. The van der Waals surface area contributed by atoms with Crippen LogP contribution in [-0.4, -0.2) is 26.6 Å². The predicted molar refractivity (Wildman–Crippen MR) is 83.1 cm³/mol. The summed E-state index contributed by atoms with van der Waals surface area (Å²) in [6, 6.07) is 12.1. The second-order valence-corrected chi connectivity index (χ2v) is 4.77. The average Bonchev–Trinajstić information content (AvgIpc) is 2.83. The number of carbonyl (C=O) groups is 1. The number of hydrogen-bond donors (Lipinski definition) is 2. The van der Waals surface area contributed by atoms with E-state index in [9.17, 15) is 9.90 Å². The molecule has 3 rings (SSSR count). The number of nitrogens with zero attached hydrogens (tertiary/aromatic N) is 3. The quantitative estimate of drug-likeness (QED) is 0.573. The van der Waals surface area contributed by atoms with E-state index in [1.165, 1.54) is 6.21 Å². The van der Waals surface area contributed by atoms with Gasteiger partial charge in [-0.05, 0) is 36.8 Å². The van der Waals surface area contributed by atoms with Gasteiger partial charge in [0.05, 0.1) is 11.9 Å². The molecule has 0 saturated heterocycles. The third-order valence-electron chi connectivity index (χ3n) is 3.17. The number of hydrazone groups is 1. The van der Waals surface area contributed by atoms with Gasteiger partial charge >= 0.3 is 0 Å². The van der Waals surface area contributed by atoms with Gasteiger partial charge in [-0.25, -0.2) is 10.4 Å². The predicted octanol–water partition coefficient (Wildman–Crippen LogP) is 2.11. The van der Waals surface area contributed by atoms with E-state index < -0.39 is 0 Å². The van der Waals surface area contributed by atoms with Gasteiger partial charge in [0.25, 0.3) is 5.91 Å². The van der Waals surface area contributed by atoms with Crippen LogP contribution < -0.4 is 5.43 Å². The van der Waals surface area contributed by atoms with Crippen LogP contribution >= 0.6 is 0 Å². The lowest BCUT2D eigenvalue weighted by molar-refractivity contribution is 0.0948. The van der Waals surface area contributed by atoms with Gasteiger partial charge < -0.3 is 5.11 Å². The molecule has 0 aliphatic carbocycles. The lowest BCUT2D eigenvalue weighted by Gasteiger charge is -2.01. The van der Waals surface area contributed by atoms with Crippen molar-refractivity contribution in [3.63, 3.8) is 0 Å². The third kappa shape index (κ3) is 2.67. The average molecular weight is 294 g/mol. The number of hydrogen-bond acceptors (Lipinski definition) is 4. The van der Waals surface area contributed by atoms with Crippen molar-refractivity contribution >= 4 is 17.8 Å². The normalized spacial score (nSPS) is 11.1. The highest BCUT2D eigenvalue weighted by Crippen LogP contribution is 2.11. The van der Waals surface area contributed by atoms with Gasteiger partial charge in [-0.2, -0.15) is 5.10 Å². The van der Waals surface area contributed by atoms with Crippen LogP contribution in [0.15, 0.2) is 53.8 Å². The lowest BCUT2D eigenvalue weighted by atomic mass is 10.2. The van der Waals surface area contributed by atoms with E-state index in [1.54, 1.807) is 41.8 Å². The number of aromatic nitrogens is 2. The second kappa shape index (κ2) is 5.69. The molecule has 0 fully saturated rings. The number of imidazole rings is 1. The summed E-state index contributed by atoms with van der Waals surface area (Å²) in [4.78, 5) is 16.6. The van der Waals surface area contributed by atoms with E-state index in [1.807, 2.05) is 18.2 Å². The summed E-state index contributed by atoms with van der Waals surface area (Å²) >= 11 is 0. The molecular weight excluding hydrogens is 280 g/mol. The van der Waals surface area contributed by atoms with E-state index >= 15 is 0 Å². The molecule has 2 N–H and O–H groups in total. The van der Waals surface area contributed by atoms with Gasteiger partial charge in [-0.15, -0.1) is 0 Å². The zero-order chi connectivity index (χ0) is 15.5. The second-order valence-electron chi connectivity index (χ2n) is 4.77. The molecule has 1 aromatic carbocycles. The van der Waals surface area contributed by atoms with Crippen molar-refractivity contribution in [3.8, 4) is 5.75 Å². The molecular formula is C16H14N4O2.